The quantitative estimate of drug-likeness (QED) is 0.178. The van der Waals surface area contributed by atoms with Gasteiger partial charge in [-0.25, -0.2) is 24.3 Å². The van der Waals surface area contributed by atoms with Crippen LogP contribution in [0.1, 0.15) is 0 Å². The van der Waals surface area contributed by atoms with Crippen LogP contribution in [0.25, 0.3) is 89.0 Å². The lowest BCUT2D eigenvalue weighted by atomic mass is 9.93. The Bertz CT molecular complexity index is 2580. The number of nitrogens with zero attached hydrogens (tertiary/aromatic N) is 4. The van der Waals surface area contributed by atoms with Gasteiger partial charge in [-0.2, -0.15) is 0 Å². The Kier molecular flexibility index (Phi) is 6.95. The molecule has 0 atom stereocenters. The molecular formula is C44H27FN4. The largest absolute Gasteiger partial charge is 0.247 e. The van der Waals surface area contributed by atoms with Crippen molar-refractivity contribution in [2.45, 2.75) is 0 Å². The maximum atomic E-state index is 13.6. The van der Waals surface area contributed by atoms with Crippen molar-refractivity contribution in [1.82, 2.24) is 19.9 Å². The second kappa shape index (κ2) is 11.9. The van der Waals surface area contributed by atoms with Crippen LogP contribution in [0.2, 0.25) is 0 Å². The Hall–Kier alpha value is -6.59. The fourth-order valence-electron chi connectivity index (χ4n) is 6.62. The molecule has 0 aliphatic heterocycles. The summed E-state index contributed by atoms with van der Waals surface area (Å²) in [5, 5.41) is 5.41. The number of benzene rings is 7. The molecule has 7 aromatic carbocycles. The van der Waals surface area contributed by atoms with Crippen LogP contribution in [-0.4, -0.2) is 19.9 Å². The first-order chi connectivity index (χ1) is 24.2. The van der Waals surface area contributed by atoms with E-state index < -0.39 is 0 Å². The highest BCUT2D eigenvalue weighted by Crippen LogP contribution is 2.40. The van der Waals surface area contributed by atoms with E-state index in [1.54, 1.807) is 12.1 Å². The highest BCUT2D eigenvalue weighted by atomic mass is 19.1. The van der Waals surface area contributed by atoms with Gasteiger partial charge in [0, 0.05) is 38.4 Å². The molecule has 0 radical (unpaired) electrons. The van der Waals surface area contributed by atoms with Crippen molar-refractivity contribution in [3.63, 3.8) is 0 Å². The lowest BCUT2D eigenvalue weighted by Gasteiger charge is -2.15. The van der Waals surface area contributed by atoms with E-state index in [0.29, 0.717) is 17.5 Å². The molecule has 0 fully saturated rings. The van der Waals surface area contributed by atoms with E-state index in [4.69, 9.17) is 19.9 Å². The van der Waals surface area contributed by atoms with Gasteiger partial charge in [0.25, 0.3) is 0 Å². The predicted octanol–water partition coefficient (Wildman–Crippen LogP) is 11.2. The van der Waals surface area contributed by atoms with E-state index in [1.165, 1.54) is 12.1 Å². The van der Waals surface area contributed by atoms with Gasteiger partial charge in [0.2, 0.25) is 0 Å². The summed E-state index contributed by atoms with van der Waals surface area (Å²) >= 11 is 0. The molecule has 5 heteroatoms. The van der Waals surface area contributed by atoms with Gasteiger partial charge in [0.15, 0.2) is 17.5 Å². The Morgan fingerprint density at radius 1 is 0.327 bits per heavy atom. The lowest BCUT2D eigenvalue weighted by molar-refractivity contribution is 0.628. The molecule has 230 valence electrons. The number of aromatic nitrogens is 4. The first-order valence-electron chi connectivity index (χ1n) is 16.2. The van der Waals surface area contributed by atoms with Crippen molar-refractivity contribution >= 4 is 32.4 Å². The van der Waals surface area contributed by atoms with Crippen LogP contribution in [0, 0.1) is 5.82 Å². The summed E-state index contributed by atoms with van der Waals surface area (Å²) in [6.45, 7) is 0. The molecule has 0 aliphatic carbocycles. The molecule has 2 aromatic heterocycles. The first-order valence-corrected chi connectivity index (χ1v) is 16.2. The van der Waals surface area contributed by atoms with Crippen molar-refractivity contribution < 1.29 is 4.39 Å². The van der Waals surface area contributed by atoms with Gasteiger partial charge in [0.1, 0.15) is 5.82 Å². The zero-order valence-electron chi connectivity index (χ0n) is 26.3. The van der Waals surface area contributed by atoms with Crippen molar-refractivity contribution in [2.24, 2.45) is 0 Å². The molecule has 0 aliphatic rings. The van der Waals surface area contributed by atoms with E-state index in [-0.39, 0.29) is 5.82 Å². The molecule has 0 N–H and O–H groups in total. The molecule has 0 saturated heterocycles. The van der Waals surface area contributed by atoms with Crippen LogP contribution in [0.3, 0.4) is 0 Å². The molecule has 9 rings (SSSR count). The smallest absolute Gasteiger partial charge is 0.164 e. The van der Waals surface area contributed by atoms with Crippen LogP contribution in [0.5, 0.6) is 0 Å². The number of para-hydroxylation sites is 1. The summed E-state index contributed by atoms with van der Waals surface area (Å²) in [5.41, 5.74) is 7.62. The highest BCUT2D eigenvalue weighted by Gasteiger charge is 2.18. The van der Waals surface area contributed by atoms with Gasteiger partial charge in [-0.05, 0) is 40.1 Å². The topological polar surface area (TPSA) is 51.6 Å². The summed E-state index contributed by atoms with van der Waals surface area (Å²) in [5.74, 6) is 1.63. The Morgan fingerprint density at radius 3 is 1.53 bits per heavy atom. The fraction of sp³-hybridized carbons (Fsp3) is 0. The molecule has 4 nitrogen and oxygen atoms in total. The number of hydrogen-bond donors (Lipinski definition) is 0. The number of hydrogen-bond acceptors (Lipinski definition) is 4. The molecule has 49 heavy (non-hydrogen) atoms. The maximum absolute atomic E-state index is 13.6. The van der Waals surface area contributed by atoms with Crippen LogP contribution in [0.15, 0.2) is 164 Å². The van der Waals surface area contributed by atoms with Crippen LogP contribution < -0.4 is 0 Å². The van der Waals surface area contributed by atoms with Gasteiger partial charge in [-0.3, -0.25) is 0 Å². The van der Waals surface area contributed by atoms with Gasteiger partial charge < -0.3 is 0 Å². The molecule has 9 aromatic rings. The maximum Gasteiger partial charge on any atom is 0.164 e. The SMILES string of the molecule is Fc1ccc(-c2ccc(-c3nc4ccccc4c4c3ccc3c(-c5nc(-c6ccccc6)nc(-c6ccccc6)n5)cccc34)cc2)cc1. The third-order valence-electron chi connectivity index (χ3n) is 9.00. The first kappa shape index (κ1) is 28.6. The monoisotopic (exact) mass is 630 g/mol. The molecule has 0 bridgehead atoms. The minimum atomic E-state index is -0.244. The Balaban J connectivity index is 1.26. The van der Waals surface area contributed by atoms with Crippen LogP contribution in [-0.2, 0) is 0 Å². The van der Waals surface area contributed by atoms with E-state index in [9.17, 15) is 4.39 Å². The van der Waals surface area contributed by atoms with E-state index in [0.717, 1.165) is 71.5 Å². The van der Waals surface area contributed by atoms with Crippen molar-refractivity contribution in [2.75, 3.05) is 0 Å². The van der Waals surface area contributed by atoms with Crippen molar-refractivity contribution in [1.29, 1.82) is 0 Å². The third-order valence-corrected chi connectivity index (χ3v) is 9.00. The number of rotatable bonds is 5. The van der Waals surface area contributed by atoms with Gasteiger partial charge in [-0.1, -0.05) is 146 Å². The molecule has 0 amide bonds. The van der Waals surface area contributed by atoms with Crippen molar-refractivity contribution in [3.05, 3.63) is 170 Å². The number of halogens is 1. The Labute approximate surface area is 282 Å². The Morgan fingerprint density at radius 2 is 0.857 bits per heavy atom. The number of pyridine rings is 1. The summed E-state index contributed by atoms with van der Waals surface area (Å²) in [6, 6.07) is 54.0. The third kappa shape index (κ3) is 5.18. The summed E-state index contributed by atoms with van der Waals surface area (Å²) in [4.78, 5) is 20.2. The van der Waals surface area contributed by atoms with E-state index in [2.05, 4.69) is 72.8 Å². The second-order valence-electron chi connectivity index (χ2n) is 12.0. The molecule has 0 saturated carbocycles. The van der Waals surface area contributed by atoms with E-state index >= 15 is 0 Å². The zero-order valence-corrected chi connectivity index (χ0v) is 26.3. The fourth-order valence-corrected chi connectivity index (χ4v) is 6.62. The zero-order chi connectivity index (χ0) is 32.7. The molecular weight excluding hydrogens is 604 g/mol. The normalized spacial score (nSPS) is 11.4. The van der Waals surface area contributed by atoms with Gasteiger partial charge >= 0.3 is 0 Å². The average molecular weight is 631 g/mol. The second-order valence-corrected chi connectivity index (χ2v) is 12.0. The standard InChI is InChI=1S/C44H27FN4/c45-33-24-22-29(23-25-33)28-18-20-30(21-19-28)41-38-27-26-34-35(40(38)37-14-7-8-17-39(37)46-41)15-9-16-36(34)44-48-42(31-10-3-1-4-11-31)47-43(49-44)32-12-5-2-6-13-32/h1-27H. The molecule has 0 spiro atoms. The lowest BCUT2D eigenvalue weighted by Crippen LogP contribution is -2.00. The van der Waals surface area contributed by atoms with E-state index in [1.807, 2.05) is 66.7 Å². The van der Waals surface area contributed by atoms with Crippen LogP contribution >= 0.6 is 0 Å². The summed E-state index contributed by atoms with van der Waals surface area (Å²) < 4.78 is 13.6. The molecule has 2 heterocycles. The minimum absolute atomic E-state index is 0.244. The average Bonchev–Trinajstić information content (AvgIpc) is 3.18. The molecule has 0 unspecified atom stereocenters. The van der Waals surface area contributed by atoms with Crippen LogP contribution in [0.4, 0.5) is 4.39 Å². The highest BCUT2D eigenvalue weighted by molar-refractivity contribution is 6.24. The summed E-state index contributed by atoms with van der Waals surface area (Å²) in [6.07, 6.45) is 0. The van der Waals surface area contributed by atoms with Gasteiger partial charge in [0.05, 0.1) is 11.2 Å². The minimum Gasteiger partial charge on any atom is -0.247 e. The summed E-state index contributed by atoms with van der Waals surface area (Å²) in [7, 11) is 0. The van der Waals surface area contributed by atoms with Gasteiger partial charge in [-0.15, -0.1) is 0 Å². The van der Waals surface area contributed by atoms with Crippen molar-refractivity contribution in [3.8, 4) is 56.5 Å². The number of fused-ring (bicyclic) bond motifs is 5. The predicted molar refractivity (Wildman–Crippen MR) is 197 cm³/mol.